The molecule has 0 radical (unpaired) electrons. The molecule has 0 spiro atoms. The van der Waals surface area contributed by atoms with Gasteiger partial charge in [0.1, 0.15) is 0 Å². The van der Waals surface area contributed by atoms with Gasteiger partial charge in [-0.3, -0.25) is 4.79 Å². The van der Waals surface area contributed by atoms with Crippen LogP contribution in [0.2, 0.25) is 0 Å². The Hall–Kier alpha value is -0.580. The predicted molar refractivity (Wildman–Crippen MR) is 76.3 cm³/mol. The van der Waals surface area contributed by atoms with E-state index in [2.05, 4.69) is 34.8 Å². The molecule has 16 heavy (non-hydrogen) atoms. The molecule has 0 bridgehead atoms. The molecule has 88 valence electrons. The Bertz CT molecular complexity index is 338. The zero-order valence-electron chi connectivity index (χ0n) is 9.63. The van der Waals surface area contributed by atoms with E-state index in [1.807, 2.05) is 24.3 Å². The fraction of sp³-hybridized carbons (Fsp3) is 0.462. The molecule has 2 nitrogen and oxygen atoms in total. The average Bonchev–Trinajstić information content (AvgIpc) is 2.34. The second kappa shape index (κ2) is 7.65. The van der Waals surface area contributed by atoms with Crippen molar-refractivity contribution in [2.75, 3.05) is 11.0 Å². The molecule has 1 aromatic rings. The number of unbranched alkanes of at least 4 members (excludes halogenated alkanes) is 1. The number of benzene rings is 1. The van der Waals surface area contributed by atoms with E-state index in [1.54, 1.807) is 0 Å². The molecular formula is C13H18INO. The van der Waals surface area contributed by atoms with Crippen molar-refractivity contribution in [3.8, 4) is 0 Å². The summed E-state index contributed by atoms with van der Waals surface area (Å²) in [7, 11) is 0. The normalized spacial score (nSPS) is 10.1. The molecule has 0 aliphatic rings. The third-order valence-electron chi connectivity index (χ3n) is 2.49. The van der Waals surface area contributed by atoms with E-state index < -0.39 is 0 Å². The monoisotopic (exact) mass is 331 g/mol. The Morgan fingerprint density at radius 3 is 2.75 bits per heavy atom. The lowest BCUT2D eigenvalue weighted by molar-refractivity contribution is 0.0952. The van der Waals surface area contributed by atoms with Gasteiger partial charge in [0, 0.05) is 12.1 Å². The number of carbonyl (C=O) groups is 1. The molecule has 0 aliphatic carbocycles. The molecule has 0 atom stereocenters. The summed E-state index contributed by atoms with van der Waals surface area (Å²) in [6.45, 7) is 2.85. The lowest BCUT2D eigenvalue weighted by Gasteiger charge is -2.08. The van der Waals surface area contributed by atoms with Gasteiger partial charge in [-0.25, -0.2) is 0 Å². The standard InChI is InChI=1S/C13H18INO/c1-2-11-7-3-4-8-12(11)13(16)15-10-6-5-9-14/h3-4,7-8H,2,5-6,9-10H2,1H3,(H,15,16). The fourth-order valence-electron chi connectivity index (χ4n) is 1.57. The molecule has 0 saturated carbocycles. The summed E-state index contributed by atoms with van der Waals surface area (Å²) in [5.74, 6) is 0.0610. The van der Waals surface area contributed by atoms with Crippen LogP contribution >= 0.6 is 22.6 Å². The summed E-state index contributed by atoms with van der Waals surface area (Å²) < 4.78 is 1.15. The Labute approximate surface area is 111 Å². The third kappa shape index (κ3) is 4.12. The Morgan fingerprint density at radius 2 is 2.06 bits per heavy atom. The first-order valence-electron chi connectivity index (χ1n) is 5.71. The van der Waals surface area contributed by atoms with E-state index in [-0.39, 0.29) is 5.91 Å². The number of aryl methyl sites for hydroxylation is 1. The molecule has 1 N–H and O–H groups in total. The second-order valence-electron chi connectivity index (χ2n) is 3.66. The lowest BCUT2D eigenvalue weighted by Crippen LogP contribution is -2.25. The zero-order valence-corrected chi connectivity index (χ0v) is 11.8. The number of nitrogens with one attached hydrogen (secondary N) is 1. The molecule has 0 aliphatic heterocycles. The van der Waals surface area contributed by atoms with Crippen LogP contribution in [0, 0.1) is 0 Å². The molecule has 1 amide bonds. The van der Waals surface area contributed by atoms with Gasteiger partial charge in [0.2, 0.25) is 0 Å². The summed E-state index contributed by atoms with van der Waals surface area (Å²) in [5.41, 5.74) is 1.94. The number of rotatable bonds is 6. The maximum absolute atomic E-state index is 11.9. The molecular weight excluding hydrogens is 313 g/mol. The van der Waals surface area contributed by atoms with Gasteiger partial charge in [0.05, 0.1) is 0 Å². The van der Waals surface area contributed by atoms with Crippen molar-refractivity contribution in [1.82, 2.24) is 5.32 Å². The summed E-state index contributed by atoms with van der Waals surface area (Å²) in [6, 6.07) is 7.80. The molecule has 0 unspecified atom stereocenters. The van der Waals surface area contributed by atoms with Crippen molar-refractivity contribution in [3.05, 3.63) is 35.4 Å². The van der Waals surface area contributed by atoms with Crippen molar-refractivity contribution < 1.29 is 4.79 Å². The van der Waals surface area contributed by atoms with Crippen molar-refractivity contribution in [1.29, 1.82) is 0 Å². The molecule has 1 aromatic carbocycles. The van der Waals surface area contributed by atoms with Crippen LogP contribution in [0.1, 0.15) is 35.7 Å². The van der Waals surface area contributed by atoms with Gasteiger partial charge in [-0.05, 0) is 35.3 Å². The second-order valence-corrected chi connectivity index (χ2v) is 4.74. The van der Waals surface area contributed by atoms with Crippen molar-refractivity contribution >= 4 is 28.5 Å². The number of carbonyl (C=O) groups excluding carboxylic acids is 1. The highest BCUT2D eigenvalue weighted by Gasteiger charge is 2.08. The largest absolute Gasteiger partial charge is 0.352 e. The highest BCUT2D eigenvalue weighted by Crippen LogP contribution is 2.09. The number of hydrogen-bond donors (Lipinski definition) is 1. The molecule has 0 aromatic heterocycles. The van der Waals surface area contributed by atoms with Crippen LogP contribution in [-0.4, -0.2) is 16.9 Å². The van der Waals surface area contributed by atoms with Gasteiger partial charge >= 0.3 is 0 Å². The predicted octanol–water partition coefficient (Wildman–Crippen LogP) is 3.19. The van der Waals surface area contributed by atoms with Crippen molar-refractivity contribution in [2.45, 2.75) is 26.2 Å². The van der Waals surface area contributed by atoms with Crippen molar-refractivity contribution in [2.24, 2.45) is 0 Å². The van der Waals surface area contributed by atoms with Crippen LogP contribution in [0.5, 0.6) is 0 Å². The third-order valence-corrected chi connectivity index (χ3v) is 3.25. The molecule has 0 fully saturated rings. The molecule has 0 saturated heterocycles. The minimum Gasteiger partial charge on any atom is -0.352 e. The lowest BCUT2D eigenvalue weighted by atomic mass is 10.0. The van der Waals surface area contributed by atoms with E-state index in [9.17, 15) is 4.79 Å². The van der Waals surface area contributed by atoms with Gasteiger partial charge in [-0.15, -0.1) is 0 Å². The first-order chi connectivity index (χ1) is 7.79. The first-order valence-corrected chi connectivity index (χ1v) is 7.24. The number of amides is 1. The van der Waals surface area contributed by atoms with E-state index in [4.69, 9.17) is 0 Å². The smallest absolute Gasteiger partial charge is 0.251 e. The maximum Gasteiger partial charge on any atom is 0.251 e. The van der Waals surface area contributed by atoms with Crippen LogP contribution in [0.4, 0.5) is 0 Å². The molecule has 3 heteroatoms. The van der Waals surface area contributed by atoms with Crippen LogP contribution in [-0.2, 0) is 6.42 Å². The van der Waals surface area contributed by atoms with E-state index in [0.717, 1.165) is 41.4 Å². The minimum atomic E-state index is 0.0610. The van der Waals surface area contributed by atoms with Gasteiger partial charge < -0.3 is 5.32 Å². The first kappa shape index (κ1) is 13.5. The van der Waals surface area contributed by atoms with Gasteiger partial charge in [-0.2, -0.15) is 0 Å². The van der Waals surface area contributed by atoms with Gasteiger partial charge in [0.15, 0.2) is 0 Å². The van der Waals surface area contributed by atoms with E-state index in [1.165, 1.54) is 0 Å². The van der Waals surface area contributed by atoms with E-state index >= 15 is 0 Å². The quantitative estimate of drug-likeness (QED) is 0.484. The average molecular weight is 331 g/mol. The number of halogens is 1. The van der Waals surface area contributed by atoms with Crippen LogP contribution < -0.4 is 5.32 Å². The van der Waals surface area contributed by atoms with Crippen LogP contribution in [0.3, 0.4) is 0 Å². The highest BCUT2D eigenvalue weighted by atomic mass is 127. The van der Waals surface area contributed by atoms with E-state index in [0.29, 0.717) is 0 Å². The Morgan fingerprint density at radius 1 is 1.31 bits per heavy atom. The molecule has 0 heterocycles. The van der Waals surface area contributed by atoms with Gasteiger partial charge in [0.25, 0.3) is 5.91 Å². The van der Waals surface area contributed by atoms with Crippen molar-refractivity contribution in [3.63, 3.8) is 0 Å². The maximum atomic E-state index is 11.9. The summed E-state index contributed by atoms with van der Waals surface area (Å²) in [4.78, 5) is 11.9. The highest BCUT2D eigenvalue weighted by molar-refractivity contribution is 14.1. The van der Waals surface area contributed by atoms with Crippen LogP contribution in [0.15, 0.2) is 24.3 Å². The fourth-order valence-corrected chi connectivity index (χ4v) is 2.11. The summed E-state index contributed by atoms with van der Waals surface area (Å²) in [6.07, 6.45) is 3.12. The minimum absolute atomic E-state index is 0.0610. The van der Waals surface area contributed by atoms with Gasteiger partial charge in [-0.1, -0.05) is 47.7 Å². The summed E-state index contributed by atoms with van der Waals surface area (Å²) in [5, 5.41) is 2.97. The zero-order chi connectivity index (χ0) is 11.8. The van der Waals surface area contributed by atoms with Crippen LogP contribution in [0.25, 0.3) is 0 Å². The Balaban J connectivity index is 2.52. The molecule has 1 rings (SSSR count). The number of alkyl halides is 1. The summed E-state index contributed by atoms with van der Waals surface area (Å²) >= 11 is 2.35. The SMILES string of the molecule is CCc1ccccc1C(=O)NCCCCI. The number of hydrogen-bond acceptors (Lipinski definition) is 1. The Kier molecular flexibility index (Phi) is 6.45. The topological polar surface area (TPSA) is 29.1 Å².